The molecule has 3 N–H and O–H groups in total. The fourth-order valence-electron chi connectivity index (χ4n) is 3.96. The van der Waals surface area contributed by atoms with E-state index in [0.717, 1.165) is 36.3 Å². The lowest BCUT2D eigenvalue weighted by molar-refractivity contribution is -0.125. The molecule has 2 amide bonds. The van der Waals surface area contributed by atoms with Gasteiger partial charge in [0.1, 0.15) is 11.5 Å². The zero-order valence-corrected chi connectivity index (χ0v) is 19.0. The van der Waals surface area contributed by atoms with Crippen molar-refractivity contribution in [2.24, 2.45) is 0 Å². The van der Waals surface area contributed by atoms with E-state index in [-0.39, 0.29) is 17.9 Å². The summed E-state index contributed by atoms with van der Waals surface area (Å²) in [6.45, 7) is 2.10. The quantitative estimate of drug-likeness (QED) is 0.452. The Morgan fingerprint density at radius 1 is 1.25 bits per heavy atom. The van der Waals surface area contributed by atoms with Gasteiger partial charge in [-0.2, -0.15) is 5.10 Å². The minimum atomic E-state index is -0.499. The van der Waals surface area contributed by atoms with Gasteiger partial charge >= 0.3 is 0 Å². The normalized spacial score (nSPS) is 18.3. The first-order valence-corrected chi connectivity index (χ1v) is 12.0. The average Bonchev–Trinajstić information content (AvgIpc) is 3.44. The Hall–Kier alpha value is -2.97. The van der Waals surface area contributed by atoms with Crippen molar-refractivity contribution in [3.63, 3.8) is 0 Å². The van der Waals surface area contributed by atoms with Gasteiger partial charge in [-0.05, 0) is 36.3 Å². The number of thiophene rings is 1. The Morgan fingerprint density at radius 3 is 2.84 bits per heavy atom. The Balaban J connectivity index is 1.48. The van der Waals surface area contributed by atoms with Gasteiger partial charge < -0.3 is 10.6 Å². The van der Waals surface area contributed by atoms with Crippen LogP contribution in [0.4, 0.5) is 5.82 Å². The van der Waals surface area contributed by atoms with Crippen molar-refractivity contribution >= 4 is 29.0 Å². The predicted molar refractivity (Wildman–Crippen MR) is 127 cm³/mol. The zero-order chi connectivity index (χ0) is 22.3. The molecule has 3 aromatic rings. The van der Waals surface area contributed by atoms with Gasteiger partial charge in [0, 0.05) is 24.9 Å². The van der Waals surface area contributed by atoms with E-state index in [4.69, 9.17) is 5.10 Å². The van der Waals surface area contributed by atoms with Crippen molar-refractivity contribution < 1.29 is 9.59 Å². The molecule has 0 saturated carbocycles. The molecule has 1 fully saturated rings. The fourth-order valence-corrected chi connectivity index (χ4v) is 4.64. The van der Waals surface area contributed by atoms with Crippen molar-refractivity contribution in [2.75, 3.05) is 5.32 Å². The molecule has 3 heterocycles. The molecule has 7 nitrogen and oxygen atoms in total. The molecule has 0 aliphatic carbocycles. The number of nitrogens with one attached hydrogen (secondary N) is 3. The number of rotatable bonds is 9. The van der Waals surface area contributed by atoms with Crippen LogP contribution in [-0.2, 0) is 16.0 Å². The standard InChI is InChI=1S/C24H29N5O2S/c1-2-8-18-15-23(31)27-24(25-18)29-21(16-19(28-29)20-12-7-14-32-20)26-22(30)13-6-11-17-9-4-3-5-10-17/h3-5,7,9-10,12,14,16,18,24-25H,2,6,8,11,13,15H2,1H3,(H,26,30)(H,27,31). The first-order valence-electron chi connectivity index (χ1n) is 11.1. The first kappa shape index (κ1) is 22.2. The second-order valence-corrected chi connectivity index (χ2v) is 9.00. The maximum atomic E-state index is 12.7. The summed E-state index contributed by atoms with van der Waals surface area (Å²) < 4.78 is 1.68. The Morgan fingerprint density at radius 2 is 2.09 bits per heavy atom. The van der Waals surface area contributed by atoms with Crippen LogP contribution in [0.25, 0.3) is 10.6 Å². The van der Waals surface area contributed by atoms with Gasteiger partial charge in [0.25, 0.3) is 0 Å². The highest BCUT2D eigenvalue weighted by Gasteiger charge is 2.29. The number of carbonyl (C=O) groups is 2. The number of benzene rings is 1. The molecule has 0 radical (unpaired) electrons. The Labute approximate surface area is 192 Å². The van der Waals surface area contributed by atoms with Crippen LogP contribution in [0.1, 0.15) is 50.9 Å². The zero-order valence-electron chi connectivity index (χ0n) is 18.2. The molecule has 2 atom stereocenters. The van der Waals surface area contributed by atoms with E-state index < -0.39 is 6.29 Å². The lowest BCUT2D eigenvalue weighted by atomic mass is 10.1. The van der Waals surface area contributed by atoms with E-state index in [1.807, 2.05) is 41.8 Å². The van der Waals surface area contributed by atoms with E-state index in [1.165, 1.54) is 5.56 Å². The molecule has 8 heteroatoms. The third-order valence-electron chi connectivity index (χ3n) is 5.49. The molecule has 1 aliphatic heterocycles. The molecule has 0 spiro atoms. The van der Waals surface area contributed by atoms with E-state index in [2.05, 4.69) is 35.0 Å². The largest absolute Gasteiger partial charge is 0.322 e. The van der Waals surface area contributed by atoms with Gasteiger partial charge in [-0.3, -0.25) is 14.9 Å². The first-order chi connectivity index (χ1) is 15.6. The highest BCUT2D eigenvalue weighted by molar-refractivity contribution is 7.13. The summed E-state index contributed by atoms with van der Waals surface area (Å²) in [4.78, 5) is 26.0. The maximum Gasteiger partial charge on any atom is 0.225 e. The molecule has 4 rings (SSSR count). The van der Waals surface area contributed by atoms with Gasteiger partial charge in [0.05, 0.1) is 4.88 Å². The van der Waals surface area contributed by atoms with Crippen molar-refractivity contribution in [3.05, 3.63) is 59.5 Å². The van der Waals surface area contributed by atoms with Gasteiger partial charge in [-0.25, -0.2) is 4.68 Å². The van der Waals surface area contributed by atoms with Gasteiger partial charge in [-0.1, -0.05) is 49.7 Å². The van der Waals surface area contributed by atoms with Crippen LogP contribution in [0.3, 0.4) is 0 Å². The van der Waals surface area contributed by atoms with Crippen LogP contribution in [0.2, 0.25) is 0 Å². The number of nitrogens with zero attached hydrogens (tertiary/aromatic N) is 2. The van der Waals surface area contributed by atoms with Crippen LogP contribution in [0, 0.1) is 0 Å². The van der Waals surface area contributed by atoms with Crippen molar-refractivity contribution in [2.45, 2.75) is 57.8 Å². The van der Waals surface area contributed by atoms with Crippen LogP contribution in [-0.4, -0.2) is 27.6 Å². The molecule has 32 heavy (non-hydrogen) atoms. The minimum Gasteiger partial charge on any atom is -0.322 e. The number of hydrogen-bond donors (Lipinski definition) is 3. The van der Waals surface area contributed by atoms with Crippen LogP contribution in [0.15, 0.2) is 53.9 Å². The Bertz CT molecular complexity index is 1030. The molecule has 1 aromatic carbocycles. The lowest BCUT2D eigenvalue weighted by Crippen LogP contribution is -2.53. The highest BCUT2D eigenvalue weighted by atomic mass is 32.1. The van der Waals surface area contributed by atoms with Crippen molar-refractivity contribution in [1.82, 2.24) is 20.4 Å². The molecule has 1 saturated heterocycles. The third kappa shape index (κ3) is 5.63. The van der Waals surface area contributed by atoms with Crippen LogP contribution < -0.4 is 16.0 Å². The summed E-state index contributed by atoms with van der Waals surface area (Å²) in [5.41, 5.74) is 2.00. The number of aryl methyl sites for hydroxylation is 1. The smallest absolute Gasteiger partial charge is 0.225 e. The van der Waals surface area contributed by atoms with Crippen LogP contribution in [0.5, 0.6) is 0 Å². The number of hydrogen-bond acceptors (Lipinski definition) is 5. The second kappa shape index (κ2) is 10.6. The lowest BCUT2D eigenvalue weighted by Gasteiger charge is -2.32. The summed E-state index contributed by atoms with van der Waals surface area (Å²) >= 11 is 1.59. The molecule has 168 valence electrons. The summed E-state index contributed by atoms with van der Waals surface area (Å²) in [7, 11) is 0. The number of carbonyl (C=O) groups excluding carboxylic acids is 2. The summed E-state index contributed by atoms with van der Waals surface area (Å²) in [6.07, 6.45) is 3.88. The van der Waals surface area contributed by atoms with Gasteiger partial charge in [0.15, 0.2) is 6.29 Å². The number of anilines is 1. The summed E-state index contributed by atoms with van der Waals surface area (Å²) in [5.74, 6) is 0.501. The minimum absolute atomic E-state index is 0.0134. The highest BCUT2D eigenvalue weighted by Crippen LogP contribution is 2.28. The third-order valence-corrected chi connectivity index (χ3v) is 6.39. The maximum absolute atomic E-state index is 12.7. The van der Waals surface area contributed by atoms with E-state index in [1.54, 1.807) is 16.0 Å². The molecule has 2 unspecified atom stereocenters. The Kier molecular flexibility index (Phi) is 7.34. The van der Waals surface area contributed by atoms with E-state index in [9.17, 15) is 9.59 Å². The predicted octanol–water partition coefficient (Wildman–Crippen LogP) is 4.31. The molecular formula is C24H29N5O2S. The SMILES string of the molecule is CCCC1CC(=O)NC(n2nc(-c3cccs3)cc2NC(=O)CCCc2ccccc2)N1. The molecule has 0 bridgehead atoms. The number of amides is 2. The monoisotopic (exact) mass is 451 g/mol. The van der Waals surface area contributed by atoms with E-state index >= 15 is 0 Å². The topological polar surface area (TPSA) is 88.1 Å². The average molecular weight is 452 g/mol. The summed E-state index contributed by atoms with van der Waals surface area (Å²) in [5, 5.41) is 16.1. The molecular weight excluding hydrogens is 422 g/mol. The van der Waals surface area contributed by atoms with Crippen molar-refractivity contribution in [1.29, 1.82) is 0 Å². The van der Waals surface area contributed by atoms with Gasteiger partial charge in [-0.15, -0.1) is 11.3 Å². The fraction of sp³-hybridized carbons (Fsp3) is 0.375. The molecule has 1 aliphatic rings. The molecule has 2 aromatic heterocycles. The second-order valence-electron chi connectivity index (χ2n) is 8.05. The van der Waals surface area contributed by atoms with Crippen LogP contribution >= 0.6 is 11.3 Å². The van der Waals surface area contributed by atoms with Crippen molar-refractivity contribution in [3.8, 4) is 10.6 Å². The summed E-state index contributed by atoms with van der Waals surface area (Å²) in [6, 6.07) is 16.1. The number of aromatic nitrogens is 2. The van der Waals surface area contributed by atoms with Gasteiger partial charge in [0.2, 0.25) is 11.8 Å². The van der Waals surface area contributed by atoms with E-state index in [0.29, 0.717) is 18.7 Å².